The Balaban J connectivity index is 2.10. The van der Waals surface area contributed by atoms with Crippen molar-refractivity contribution in [1.29, 1.82) is 0 Å². The summed E-state index contributed by atoms with van der Waals surface area (Å²) in [6.45, 7) is 7.07. The summed E-state index contributed by atoms with van der Waals surface area (Å²) < 4.78 is 0. The van der Waals surface area contributed by atoms with Gasteiger partial charge in [0.25, 0.3) is 5.91 Å². The van der Waals surface area contributed by atoms with E-state index in [9.17, 15) is 4.79 Å². The van der Waals surface area contributed by atoms with Gasteiger partial charge in [-0.05, 0) is 44.9 Å². The van der Waals surface area contributed by atoms with Crippen LogP contribution in [0.2, 0.25) is 0 Å². The first-order valence-electron chi connectivity index (χ1n) is 6.80. The minimum Gasteiger partial charge on any atom is -0.334 e. The van der Waals surface area contributed by atoms with Crippen LogP contribution < -0.4 is 5.32 Å². The molecule has 2 heterocycles. The van der Waals surface area contributed by atoms with Gasteiger partial charge in [-0.25, -0.2) is 0 Å². The van der Waals surface area contributed by atoms with E-state index in [1.54, 1.807) is 11.3 Å². The number of nitrogens with zero attached hydrogens (tertiary/aromatic N) is 1. The molecule has 1 atom stereocenters. The lowest BCUT2D eigenvalue weighted by atomic mass is 10.1. The number of carbonyl (C=O) groups is 1. The van der Waals surface area contributed by atoms with Crippen LogP contribution in [0.3, 0.4) is 0 Å². The predicted octanol–water partition coefficient (Wildman–Crippen LogP) is 2.66. The second-order valence-electron chi connectivity index (χ2n) is 4.91. The molecule has 2 rings (SSSR count). The normalized spacial score (nSPS) is 19.8. The van der Waals surface area contributed by atoms with Crippen molar-refractivity contribution < 1.29 is 4.79 Å². The third-order valence-electron chi connectivity index (χ3n) is 3.39. The zero-order valence-electron chi connectivity index (χ0n) is 11.2. The van der Waals surface area contributed by atoms with Gasteiger partial charge in [-0.1, -0.05) is 6.92 Å². The van der Waals surface area contributed by atoms with Crippen molar-refractivity contribution in [2.24, 2.45) is 0 Å². The summed E-state index contributed by atoms with van der Waals surface area (Å²) in [5.74, 6) is 0.212. The molecule has 0 radical (unpaired) electrons. The lowest BCUT2D eigenvalue weighted by Crippen LogP contribution is -2.48. The highest BCUT2D eigenvalue weighted by molar-refractivity contribution is 7.13. The van der Waals surface area contributed by atoms with E-state index in [0.717, 1.165) is 37.4 Å². The SMILES string of the molecule is CCCN(C(=O)c1ccc(C)s1)C1CCCNC1. The Bertz CT molecular complexity index is 396. The molecule has 1 aliphatic rings. The molecule has 1 aliphatic heterocycles. The first kappa shape index (κ1) is 13.6. The average molecular weight is 266 g/mol. The van der Waals surface area contributed by atoms with E-state index in [4.69, 9.17) is 0 Å². The number of hydrogen-bond acceptors (Lipinski definition) is 3. The lowest BCUT2D eigenvalue weighted by Gasteiger charge is -2.34. The number of aryl methyl sites for hydroxylation is 1. The molecule has 0 aliphatic carbocycles. The first-order valence-corrected chi connectivity index (χ1v) is 7.62. The quantitative estimate of drug-likeness (QED) is 0.908. The Morgan fingerprint density at radius 2 is 2.39 bits per heavy atom. The zero-order valence-corrected chi connectivity index (χ0v) is 12.1. The number of hydrogen-bond donors (Lipinski definition) is 1. The number of amides is 1. The van der Waals surface area contributed by atoms with Crippen LogP contribution in [0.4, 0.5) is 0 Å². The maximum atomic E-state index is 12.6. The maximum Gasteiger partial charge on any atom is 0.264 e. The largest absolute Gasteiger partial charge is 0.334 e. The molecule has 0 saturated carbocycles. The van der Waals surface area contributed by atoms with Crippen molar-refractivity contribution in [3.8, 4) is 0 Å². The minimum atomic E-state index is 0.212. The van der Waals surface area contributed by atoms with Crippen LogP contribution in [0.1, 0.15) is 40.7 Å². The molecular formula is C14H22N2OS. The maximum absolute atomic E-state index is 12.6. The van der Waals surface area contributed by atoms with Gasteiger partial charge in [0.15, 0.2) is 0 Å². The second-order valence-corrected chi connectivity index (χ2v) is 6.20. The molecule has 18 heavy (non-hydrogen) atoms. The molecule has 1 unspecified atom stereocenters. The van der Waals surface area contributed by atoms with Gasteiger partial charge in [-0.2, -0.15) is 0 Å². The van der Waals surface area contributed by atoms with E-state index in [1.165, 1.54) is 11.3 Å². The molecule has 0 spiro atoms. The molecule has 1 fully saturated rings. The highest BCUT2D eigenvalue weighted by Crippen LogP contribution is 2.20. The van der Waals surface area contributed by atoms with Crippen LogP contribution >= 0.6 is 11.3 Å². The van der Waals surface area contributed by atoms with Gasteiger partial charge in [-0.15, -0.1) is 11.3 Å². The van der Waals surface area contributed by atoms with Gasteiger partial charge in [0, 0.05) is 24.0 Å². The number of nitrogens with one attached hydrogen (secondary N) is 1. The Morgan fingerprint density at radius 3 is 2.94 bits per heavy atom. The van der Waals surface area contributed by atoms with Crippen LogP contribution in [-0.2, 0) is 0 Å². The number of thiophene rings is 1. The molecule has 3 nitrogen and oxygen atoms in total. The average Bonchev–Trinajstić information content (AvgIpc) is 2.83. The van der Waals surface area contributed by atoms with Crippen LogP contribution in [0.25, 0.3) is 0 Å². The van der Waals surface area contributed by atoms with Gasteiger partial charge in [-0.3, -0.25) is 4.79 Å². The van der Waals surface area contributed by atoms with Crippen molar-refractivity contribution in [3.63, 3.8) is 0 Å². The summed E-state index contributed by atoms with van der Waals surface area (Å²) in [6, 6.07) is 4.36. The standard InChI is InChI=1S/C14H22N2OS/c1-3-9-16(12-5-4-8-15-10-12)14(17)13-7-6-11(2)18-13/h6-7,12,15H,3-5,8-10H2,1-2H3. The molecule has 0 aromatic carbocycles. The van der Waals surface area contributed by atoms with Gasteiger partial charge >= 0.3 is 0 Å². The molecule has 100 valence electrons. The first-order chi connectivity index (χ1) is 8.72. The summed E-state index contributed by atoms with van der Waals surface area (Å²) in [6.07, 6.45) is 3.32. The number of rotatable bonds is 4. The third-order valence-corrected chi connectivity index (χ3v) is 4.38. The van der Waals surface area contributed by atoms with E-state index in [-0.39, 0.29) is 5.91 Å². The van der Waals surface area contributed by atoms with Gasteiger partial charge in [0.2, 0.25) is 0 Å². The number of carbonyl (C=O) groups excluding carboxylic acids is 1. The van der Waals surface area contributed by atoms with Gasteiger partial charge in [0.05, 0.1) is 4.88 Å². The second kappa shape index (κ2) is 6.34. The molecule has 1 saturated heterocycles. The summed E-state index contributed by atoms with van der Waals surface area (Å²) in [7, 11) is 0. The van der Waals surface area contributed by atoms with E-state index in [0.29, 0.717) is 6.04 Å². The van der Waals surface area contributed by atoms with Crippen LogP contribution in [0, 0.1) is 6.92 Å². The fourth-order valence-corrected chi connectivity index (χ4v) is 3.30. The van der Waals surface area contributed by atoms with Crippen molar-refractivity contribution in [3.05, 3.63) is 21.9 Å². The fraction of sp³-hybridized carbons (Fsp3) is 0.643. The van der Waals surface area contributed by atoms with Crippen molar-refractivity contribution in [2.75, 3.05) is 19.6 Å². The monoisotopic (exact) mass is 266 g/mol. The molecule has 4 heteroatoms. The van der Waals surface area contributed by atoms with Gasteiger partial charge < -0.3 is 10.2 Å². The topological polar surface area (TPSA) is 32.3 Å². The summed E-state index contributed by atoms with van der Waals surface area (Å²) >= 11 is 1.60. The van der Waals surface area contributed by atoms with E-state index in [1.807, 2.05) is 19.1 Å². The molecule has 1 amide bonds. The Kier molecular flexibility index (Phi) is 4.78. The third kappa shape index (κ3) is 3.12. The van der Waals surface area contributed by atoms with E-state index >= 15 is 0 Å². The van der Waals surface area contributed by atoms with Crippen molar-refractivity contribution in [2.45, 2.75) is 39.2 Å². The molecule has 1 aromatic heterocycles. The molecular weight excluding hydrogens is 244 g/mol. The lowest BCUT2D eigenvalue weighted by molar-refractivity contribution is 0.0654. The van der Waals surface area contributed by atoms with Crippen molar-refractivity contribution >= 4 is 17.2 Å². The highest BCUT2D eigenvalue weighted by Gasteiger charge is 2.26. The molecule has 1 aromatic rings. The highest BCUT2D eigenvalue weighted by atomic mass is 32.1. The Morgan fingerprint density at radius 1 is 1.56 bits per heavy atom. The fourth-order valence-electron chi connectivity index (χ4n) is 2.48. The zero-order chi connectivity index (χ0) is 13.0. The Hall–Kier alpha value is -0.870. The molecule has 0 bridgehead atoms. The summed E-state index contributed by atoms with van der Waals surface area (Å²) in [4.78, 5) is 16.7. The van der Waals surface area contributed by atoms with Crippen molar-refractivity contribution in [1.82, 2.24) is 10.2 Å². The van der Waals surface area contributed by atoms with E-state index in [2.05, 4.69) is 17.1 Å². The number of piperidine rings is 1. The summed E-state index contributed by atoms with van der Waals surface area (Å²) in [5.41, 5.74) is 0. The molecule has 1 N–H and O–H groups in total. The predicted molar refractivity (Wildman–Crippen MR) is 76.3 cm³/mol. The Labute approximate surface area is 113 Å². The smallest absolute Gasteiger partial charge is 0.264 e. The minimum absolute atomic E-state index is 0.212. The van der Waals surface area contributed by atoms with Crippen LogP contribution in [-0.4, -0.2) is 36.5 Å². The van der Waals surface area contributed by atoms with E-state index < -0.39 is 0 Å². The van der Waals surface area contributed by atoms with Crippen LogP contribution in [0.15, 0.2) is 12.1 Å². The summed E-state index contributed by atoms with van der Waals surface area (Å²) in [5, 5.41) is 3.39. The van der Waals surface area contributed by atoms with Gasteiger partial charge in [0.1, 0.15) is 0 Å². The van der Waals surface area contributed by atoms with Crippen LogP contribution in [0.5, 0.6) is 0 Å².